The zero-order valence-corrected chi connectivity index (χ0v) is 21.1. The van der Waals surface area contributed by atoms with E-state index in [0.29, 0.717) is 28.5 Å². The molecule has 0 saturated heterocycles. The molecule has 5 rings (SSSR count). The van der Waals surface area contributed by atoms with Crippen molar-refractivity contribution >= 4 is 28.7 Å². The number of non-ortho nitro benzene ring substituents is 2. The molecular formula is C28H23N7O4. The molecule has 0 saturated carbocycles. The summed E-state index contributed by atoms with van der Waals surface area (Å²) in [7, 11) is 0. The zero-order chi connectivity index (χ0) is 27.6. The third-order valence-electron chi connectivity index (χ3n) is 6.52. The number of nitrogens with one attached hydrogen (secondary N) is 1. The number of hydrogen-bond acceptors (Lipinski definition) is 9. The fourth-order valence-corrected chi connectivity index (χ4v) is 4.52. The van der Waals surface area contributed by atoms with Gasteiger partial charge in [-0.15, -0.1) is 0 Å². The van der Waals surface area contributed by atoms with Crippen molar-refractivity contribution in [2.75, 3.05) is 4.90 Å². The monoisotopic (exact) mass is 521 g/mol. The Morgan fingerprint density at radius 2 is 1.31 bits per heavy atom. The summed E-state index contributed by atoms with van der Waals surface area (Å²) >= 11 is 0. The number of aromatic nitrogens is 2. The number of nitro groups is 2. The van der Waals surface area contributed by atoms with Crippen LogP contribution in [0.25, 0.3) is 0 Å². The van der Waals surface area contributed by atoms with Crippen LogP contribution in [0.3, 0.4) is 0 Å². The van der Waals surface area contributed by atoms with Gasteiger partial charge in [-0.3, -0.25) is 35.1 Å². The zero-order valence-electron chi connectivity index (χ0n) is 21.1. The molecule has 0 aliphatic carbocycles. The molecule has 11 nitrogen and oxygen atoms in total. The van der Waals surface area contributed by atoms with Crippen LogP contribution in [-0.4, -0.2) is 25.8 Å². The number of guanidine groups is 1. The number of nitro benzene ring substituents is 2. The number of pyridine rings is 2. The Bertz CT molecular complexity index is 1520. The van der Waals surface area contributed by atoms with Gasteiger partial charge in [0.15, 0.2) is 0 Å². The van der Waals surface area contributed by atoms with Crippen molar-refractivity contribution in [3.63, 3.8) is 0 Å². The van der Waals surface area contributed by atoms with Crippen LogP contribution in [0, 0.1) is 34.1 Å². The van der Waals surface area contributed by atoms with Gasteiger partial charge in [-0.1, -0.05) is 24.3 Å². The van der Waals surface area contributed by atoms with Crippen molar-refractivity contribution in [3.8, 4) is 0 Å². The average Bonchev–Trinajstić information content (AvgIpc) is 2.96. The van der Waals surface area contributed by atoms with Gasteiger partial charge in [0.05, 0.1) is 21.2 Å². The lowest BCUT2D eigenvalue weighted by molar-refractivity contribution is -0.384. The average molecular weight is 522 g/mol. The minimum Gasteiger partial charge on any atom is -0.332 e. The van der Waals surface area contributed by atoms with Gasteiger partial charge in [0, 0.05) is 66.4 Å². The molecule has 0 bridgehead atoms. The van der Waals surface area contributed by atoms with Crippen LogP contribution in [0.4, 0.5) is 22.7 Å². The topological polar surface area (TPSA) is 140 Å². The first kappa shape index (κ1) is 25.2. The van der Waals surface area contributed by atoms with E-state index in [1.165, 1.54) is 24.3 Å². The van der Waals surface area contributed by atoms with Gasteiger partial charge in [0.2, 0.25) is 5.96 Å². The molecule has 0 unspecified atom stereocenters. The molecule has 4 aromatic rings. The van der Waals surface area contributed by atoms with Crippen molar-refractivity contribution in [3.05, 3.63) is 140 Å². The summed E-state index contributed by atoms with van der Waals surface area (Å²) in [6.07, 6.45) is 10.4. The smallest absolute Gasteiger partial charge is 0.271 e. The number of hydrogen-bond donors (Lipinski definition) is 1. The van der Waals surface area contributed by atoms with E-state index in [0.717, 1.165) is 11.1 Å². The van der Waals surface area contributed by atoms with Crippen molar-refractivity contribution in [2.24, 2.45) is 4.99 Å². The molecule has 194 valence electrons. The molecule has 11 heteroatoms. The van der Waals surface area contributed by atoms with Gasteiger partial charge in [0.1, 0.15) is 5.54 Å². The maximum absolute atomic E-state index is 11.7. The molecule has 2 aromatic carbocycles. The van der Waals surface area contributed by atoms with Crippen LogP contribution >= 0.6 is 0 Å². The molecule has 39 heavy (non-hydrogen) atoms. The highest BCUT2D eigenvalue weighted by Crippen LogP contribution is 2.40. The van der Waals surface area contributed by atoms with E-state index in [2.05, 4.69) is 15.3 Å². The highest BCUT2D eigenvalue weighted by molar-refractivity contribution is 6.05. The van der Waals surface area contributed by atoms with Gasteiger partial charge in [-0.2, -0.15) is 0 Å². The van der Waals surface area contributed by atoms with Crippen LogP contribution in [0.5, 0.6) is 0 Å². The SMILES string of the molecule is Cc1ccc([N+](=O)[O-])cc1N(C1=NC(c2cccnc2)(c2cccnc2)C=CN1)c1cc([N+](=O)[O-])ccc1C. The molecule has 0 atom stereocenters. The Kier molecular flexibility index (Phi) is 6.55. The number of anilines is 2. The number of nitrogens with zero attached hydrogens (tertiary/aromatic N) is 6. The number of aryl methyl sites for hydroxylation is 2. The van der Waals surface area contributed by atoms with E-state index >= 15 is 0 Å². The predicted octanol–water partition coefficient (Wildman–Crippen LogP) is 5.46. The summed E-state index contributed by atoms with van der Waals surface area (Å²) in [6.45, 7) is 3.63. The minimum atomic E-state index is -1.05. The van der Waals surface area contributed by atoms with Crippen LogP contribution in [-0.2, 0) is 5.54 Å². The maximum atomic E-state index is 11.7. The number of rotatable bonds is 6. The predicted molar refractivity (Wildman–Crippen MR) is 147 cm³/mol. The first-order valence-corrected chi connectivity index (χ1v) is 12.0. The van der Waals surface area contributed by atoms with Crippen LogP contribution in [0.15, 0.2) is 103 Å². The highest BCUT2D eigenvalue weighted by atomic mass is 16.6. The molecular weight excluding hydrogens is 498 g/mol. The number of aliphatic imine (C=N–C) groups is 1. The van der Waals surface area contributed by atoms with Crippen LogP contribution in [0.1, 0.15) is 22.3 Å². The van der Waals surface area contributed by atoms with Gasteiger partial charge >= 0.3 is 0 Å². The van der Waals surface area contributed by atoms with Crippen molar-refractivity contribution in [2.45, 2.75) is 19.4 Å². The van der Waals surface area contributed by atoms with Crippen LogP contribution < -0.4 is 10.2 Å². The molecule has 1 N–H and O–H groups in total. The fraction of sp³-hybridized carbons (Fsp3) is 0.107. The van der Waals surface area contributed by atoms with E-state index in [1.54, 1.807) is 48.0 Å². The summed E-state index contributed by atoms with van der Waals surface area (Å²) < 4.78 is 0. The van der Waals surface area contributed by atoms with E-state index < -0.39 is 15.4 Å². The second-order valence-electron chi connectivity index (χ2n) is 8.95. The van der Waals surface area contributed by atoms with Gasteiger partial charge in [-0.05, 0) is 43.2 Å². The van der Waals surface area contributed by atoms with Crippen molar-refractivity contribution < 1.29 is 9.85 Å². The first-order valence-electron chi connectivity index (χ1n) is 12.0. The lowest BCUT2D eigenvalue weighted by Gasteiger charge is -2.36. The standard InChI is InChI=1S/C28H23N7O4/c1-19-7-9-23(34(36)37)15-25(19)33(26-16-24(35(38)39)10-8-20(26)2)27-31-14-11-28(32-27,21-5-3-12-29-17-21)22-6-4-13-30-18-22/h3-18H,1-2H3,(H,31,32). The quantitative estimate of drug-likeness (QED) is 0.260. The van der Waals surface area contributed by atoms with Crippen molar-refractivity contribution in [1.29, 1.82) is 0 Å². The normalized spacial score (nSPS) is 13.7. The highest BCUT2D eigenvalue weighted by Gasteiger charge is 2.37. The molecule has 2 aromatic heterocycles. The van der Waals surface area contributed by atoms with Gasteiger partial charge in [0.25, 0.3) is 11.4 Å². The summed E-state index contributed by atoms with van der Waals surface area (Å²) in [5.41, 5.74) is 2.53. The molecule has 1 aliphatic rings. The third-order valence-corrected chi connectivity index (χ3v) is 6.52. The molecule has 0 spiro atoms. The lowest BCUT2D eigenvalue weighted by atomic mass is 9.84. The first-order chi connectivity index (χ1) is 18.8. The summed E-state index contributed by atoms with van der Waals surface area (Å²) in [6, 6.07) is 16.4. The lowest BCUT2D eigenvalue weighted by Crippen LogP contribution is -2.42. The molecule has 3 heterocycles. The Morgan fingerprint density at radius 3 is 1.74 bits per heavy atom. The largest absolute Gasteiger partial charge is 0.332 e. The fourth-order valence-electron chi connectivity index (χ4n) is 4.52. The Labute approximate surface area is 223 Å². The van der Waals surface area contributed by atoms with Crippen molar-refractivity contribution in [1.82, 2.24) is 15.3 Å². The summed E-state index contributed by atoms with van der Waals surface area (Å²) in [5.74, 6) is 0.303. The third kappa shape index (κ3) is 4.68. The van der Waals surface area contributed by atoms with Gasteiger partial charge in [-0.25, -0.2) is 4.99 Å². The number of benzene rings is 2. The Morgan fingerprint density at radius 1 is 0.795 bits per heavy atom. The summed E-state index contributed by atoms with van der Waals surface area (Å²) in [4.78, 5) is 37.9. The minimum absolute atomic E-state index is 0.124. The molecule has 1 aliphatic heterocycles. The second kappa shape index (κ2) is 10.1. The Hall–Kier alpha value is -5.45. The van der Waals surface area contributed by atoms with E-state index in [-0.39, 0.29) is 11.4 Å². The Balaban J connectivity index is 1.81. The molecule has 0 radical (unpaired) electrons. The second-order valence-corrected chi connectivity index (χ2v) is 8.95. The van der Waals surface area contributed by atoms with Crippen LogP contribution in [0.2, 0.25) is 0 Å². The molecule has 0 amide bonds. The molecule has 0 fully saturated rings. The van der Waals surface area contributed by atoms with E-state index in [1.807, 2.05) is 44.2 Å². The maximum Gasteiger partial charge on any atom is 0.271 e. The summed E-state index contributed by atoms with van der Waals surface area (Å²) in [5, 5.41) is 26.6. The van der Waals surface area contributed by atoms with E-state index in [4.69, 9.17) is 4.99 Å². The van der Waals surface area contributed by atoms with E-state index in [9.17, 15) is 20.2 Å². The van der Waals surface area contributed by atoms with Gasteiger partial charge < -0.3 is 5.32 Å².